The van der Waals surface area contributed by atoms with Crippen molar-refractivity contribution >= 4 is 23.6 Å². The van der Waals surface area contributed by atoms with Crippen LogP contribution in [0.15, 0.2) is 75.2 Å². The van der Waals surface area contributed by atoms with Crippen LogP contribution in [0.25, 0.3) is 0 Å². The van der Waals surface area contributed by atoms with Crippen molar-refractivity contribution in [2.24, 2.45) is 0 Å². The van der Waals surface area contributed by atoms with Gasteiger partial charge >= 0.3 is 265 Å². The molecule has 0 saturated heterocycles. The minimum Gasteiger partial charge on any atom is -1.00 e. The van der Waals surface area contributed by atoms with Crippen LogP contribution in [0.2, 0.25) is 5.04 Å². The number of hydrogen-bond donors (Lipinski definition) is 0. The second-order valence-corrected chi connectivity index (χ2v) is 18.4. The van der Waals surface area contributed by atoms with Crippen molar-refractivity contribution in [2.75, 3.05) is 0 Å². The van der Waals surface area contributed by atoms with Crippen molar-refractivity contribution in [3.63, 3.8) is 0 Å². The SMILES string of the molecule is CCC(C)c1cc(C(C)CC)cc([Si](c2cc(C)cc(C)c2)(c2cc(C)cc(C)c2)C2(C)C(C)=C(C)C(C)=[C]2[Ti+3])c1.[Cl-].[Cl-].[Cl-]. The zero-order valence-electron chi connectivity index (χ0n) is 28.9. The van der Waals surface area contributed by atoms with E-state index in [9.17, 15) is 0 Å². The van der Waals surface area contributed by atoms with Gasteiger partial charge in [0, 0.05) is 0 Å². The number of rotatable bonds is 8. The first-order valence-corrected chi connectivity index (χ1v) is 18.4. The van der Waals surface area contributed by atoms with Crippen molar-refractivity contribution in [1.82, 2.24) is 0 Å². The molecular formula is C39H51Cl3SiTi. The third kappa shape index (κ3) is 6.81. The molecule has 0 bridgehead atoms. The second-order valence-electron chi connectivity index (χ2n) is 13.4. The third-order valence-corrected chi connectivity index (χ3v) is 17.9. The molecule has 0 aromatic heterocycles. The molecule has 4 rings (SSSR count). The van der Waals surface area contributed by atoms with E-state index in [4.69, 9.17) is 0 Å². The Bertz CT molecular complexity index is 1410. The second kappa shape index (κ2) is 15.7. The van der Waals surface area contributed by atoms with Crippen LogP contribution in [0, 0.1) is 27.7 Å². The molecule has 3 aromatic rings. The summed E-state index contributed by atoms with van der Waals surface area (Å²) in [6.45, 7) is 28.4. The molecule has 1 aliphatic rings. The summed E-state index contributed by atoms with van der Waals surface area (Å²) in [7, 11) is -2.75. The van der Waals surface area contributed by atoms with E-state index in [0.717, 1.165) is 12.8 Å². The minimum absolute atomic E-state index is 0. The van der Waals surface area contributed by atoms with Crippen LogP contribution in [0.1, 0.15) is 113 Å². The Labute approximate surface area is 300 Å². The number of hydrogen-bond acceptors (Lipinski definition) is 0. The largest absolute Gasteiger partial charge is 1.00 e. The van der Waals surface area contributed by atoms with Gasteiger partial charge in [-0.25, -0.2) is 0 Å². The standard InChI is InChI=1S/C39H51Si.3ClH.Ti/c1-13-29(7)34-21-35(30(8)14-2)23-38(22-34)40(36-17-25(3)15-26(4)18-36,37-19-27(5)16-28(6)20-37)39(12)24-31(9)32(10)33(39)11;;;;/h15-23,29-30H,13-14H2,1-12H3;3*1H;/q;;;;+3/p-3. The van der Waals surface area contributed by atoms with Gasteiger partial charge in [-0.2, -0.15) is 0 Å². The molecule has 0 nitrogen and oxygen atoms in total. The summed E-state index contributed by atoms with van der Waals surface area (Å²) in [4.78, 5) is 0. The minimum atomic E-state index is -2.75. The van der Waals surface area contributed by atoms with Crippen LogP contribution in [0.5, 0.6) is 0 Å². The van der Waals surface area contributed by atoms with Gasteiger partial charge in [0.15, 0.2) is 0 Å². The molecule has 3 unspecified atom stereocenters. The normalized spacial score (nSPS) is 18.0. The molecule has 3 aromatic carbocycles. The number of aryl methyl sites for hydroxylation is 4. The van der Waals surface area contributed by atoms with E-state index in [0.29, 0.717) is 11.8 Å². The Hall–Kier alpha value is -1.06. The molecule has 0 fully saturated rings. The average molecular weight is 702 g/mol. The zero-order chi connectivity index (χ0) is 30.4. The van der Waals surface area contributed by atoms with Crippen LogP contribution in [0.4, 0.5) is 0 Å². The van der Waals surface area contributed by atoms with Gasteiger partial charge in [-0.05, 0) is 0 Å². The van der Waals surface area contributed by atoms with E-state index in [1.165, 1.54) is 44.5 Å². The molecule has 0 saturated carbocycles. The Morgan fingerprint density at radius 1 is 0.568 bits per heavy atom. The third-order valence-electron chi connectivity index (χ3n) is 10.6. The van der Waals surface area contributed by atoms with Crippen LogP contribution in [-0.4, -0.2) is 8.07 Å². The molecule has 0 spiro atoms. The first kappa shape index (κ1) is 41.0. The van der Waals surface area contributed by atoms with E-state index >= 15 is 0 Å². The van der Waals surface area contributed by atoms with Gasteiger partial charge in [0.05, 0.1) is 0 Å². The van der Waals surface area contributed by atoms with Crippen molar-refractivity contribution in [3.05, 3.63) is 109 Å². The molecule has 0 aliphatic heterocycles. The molecule has 0 radical (unpaired) electrons. The van der Waals surface area contributed by atoms with Gasteiger partial charge in [-0.15, -0.1) is 0 Å². The summed E-state index contributed by atoms with van der Waals surface area (Å²) in [5, 5.41) is 4.56. The number of halogens is 3. The van der Waals surface area contributed by atoms with E-state index < -0.39 is 8.07 Å². The maximum absolute atomic E-state index is 2.75. The van der Waals surface area contributed by atoms with Gasteiger partial charge in [0.1, 0.15) is 0 Å². The summed E-state index contributed by atoms with van der Waals surface area (Å²) in [6, 6.07) is 22.7. The molecule has 236 valence electrons. The maximum atomic E-state index is 2.65. The van der Waals surface area contributed by atoms with Crippen molar-refractivity contribution in [1.29, 1.82) is 0 Å². The average Bonchev–Trinajstić information content (AvgIpc) is 3.07. The summed E-state index contributed by atoms with van der Waals surface area (Å²) >= 11 is 2.44. The van der Waals surface area contributed by atoms with Gasteiger partial charge in [-0.3, -0.25) is 0 Å². The summed E-state index contributed by atoms with van der Waals surface area (Å²) < 4.78 is 1.55. The predicted molar refractivity (Wildman–Crippen MR) is 180 cm³/mol. The first-order chi connectivity index (χ1) is 19.2. The smallest absolute Gasteiger partial charge is 1.00 e. The quantitative estimate of drug-likeness (QED) is 0.235. The summed E-state index contributed by atoms with van der Waals surface area (Å²) in [5.41, 5.74) is 13.0. The Kier molecular flexibility index (Phi) is 14.6. The fourth-order valence-electron chi connectivity index (χ4n) is 7.56. The fraction of sp³-hybridized carbons (Fsp3) is 0.436. The van der Waals surface area contributed by atoms with Gasteiger partial charge in [0.25, 0.3) is 0 Å². The monoisotopic (exact) mass is 700 g/mol. The van der Waals surface area contributed by atoms with E-state index in [2.05, 4.69) is 158 Å². The molecule has 0 N–H and O–H groups in total. The van der Waals surface area contributed by atoms with Gasteiger partial charge in [-0.1, -0.05) is 0 Å². The molecule has 44 heavy (non-hydrogen) atoms. The van der Waals surface area contributed by atoms with Crippen LogP contribution < -0.4 is 52.8 Å². The molecule has 1 aliphatic carbocycles. The Morgan fingerprint density at radius 2 is 0.909 bits per heavy atom. The molecule has 5 heteroatoms. The van der Waals surface area contributed by atoms with E-state index in [-0.39, 0.29) is 42.3 Å². The van der Waals surface area contributed by atoms with E-state index in [1.807, 2.05) is 0 Å². The molecule has 0 heterocycles. The zero-order valence-corrected chi connectivity index (χ0v) is 33.7. The van der Waals surface area contributed by atoms with Gasteiger partial charge in [0.2, 0.25) is 0 Å². The van der Waals surface area contributed by atoms with Crippen LogP contribution in [0.3, 0.4) is 0 Å². The summed E-state index contributed by atoms with van der Waals surface area (Å²) in [5.74, 6) is 1.05. The Morgan fingerprint density at radius 3 is 1.20 bits per heavy atom. The number of allylic oxidation sites excluding steroid dienone is 4. The van der Waals surface area contributed by atoms with E-state index in [1.54, 1.807) is 25.0 Å². The fourth-order valence-corrected chi connectivity index (χ4v) is 15.6. The van der Waals surface area contributed by atoms with Crippen LogP contribution in [-0.2, 0) is 20.4 Å². The Balaban J connectivity index is 0.00000323. The van der Waals surface area contributed by atoms with Gasteiger partial charge < -0.3 is 37.2 Å². The summed E-state index contributed by atoms with van der Waals surface area (Å²) in [6.07, 6.45) is 2.30. The van der Waals surface area contributed by atoms with Crippen molar-refractivity contribution in [2.45, 2.75) is 113 Å². The first-order valence-electron chi connectivity index (χ1n) is 15.7. The van der Waals surface area contributed by atoms with Crippen molar-refractivity contribution < 1.29 is 57.7 Å². The van der Waals surface area contributed by atoms with Crippen molar-refractivity contribution in [3.8, 4) is 0 Å². The molecule has 0 amide bonds. The maximum Gasteiger partial charge on any atom is -1.00 e. The van der Waals surface area contributed by atoms with Crippen LogP contribution >= 0.6 is 0 Å². The predicted octanol–water partition coefficient (Wildman–Crippen LogP) is 0.361. The molecule has 3 atom stereocenters. The molecular weight excluding hydrogens is 651 g/mol. The topological polar surface area (TPSA) is 0 Å². The number of benzene rings is 3.